The van der Waals surface area contributed by atoms with Crippen LogP contribution in [0.1, 0.15) is 17.7 Å². The fourth-order valence-corrected chi connectivity index (χ4v) is 2.10. The molecule has 0 aliphatic heterocycles. The van der Waals surface area contributed by atoms with Crippen LogP contribution in [0.25, 0.3) is 0 Å². The highest BCUT2D eigenvalue weighted by atomic mass is 79.9. The molecule has 0 amide bonds. The van der Waals surface area contributed by atoms with Crippen molar-refractivity contribution in [1.82, 2.24) is 4.98 Å². The summed E-state index contributed by atoms with van der Waals surface area (Å²) in [5, 5.41) is 0.0833. The Balaban J connectivity index is 3.32. The summed E-state index contributed by atoms with van der Waals surface area (Å²) in [5.74, 6) is 0. The van der Waals surface area contributed by atoms with Gasteiger partial charge in [0.05, 0.1) is 0 Å². The summed E-state index contributed by atoms with van der Waals surface area (Å²) in [5.41, 5.74) is -0.345. The Morgan fingerprint density at radius 2 is 2.13 bits per heavy atom. The zero-order valence-electron chi connectivity index (χ0n) is 7.12. The van der Waals surface area contributed by atoms with Gasteiger partial charge in [-0.2, -0.15) is 0 Å². The minimum absolute atomic E-state index is 0.0833. The molecule has 3 nitrogen and oxygen atoms in total. The molecule has 0 N–H and O–H groups in total. The van der Waals surface area contributed by atoms with Gasteiger partial charge in [0.15, 0.2) is 0 Å². The third-order valence-corrected chi connectivity index (χ3v) is 3.53. The van der Waals surface area contributed by atoms with Crippen molar-refractivity contribution in [3.63, 3.8) is 0 Å². The molecule has 0 aliphatic rings. The molecule has 15 heavy (non-hydrogen) atoms. The van der Waals surface area contributed by atoms with E-state index in [4.69, 9.17) is 10.7 Å². The Morgan fingerprint density at radius 3 is 2.53 bits per heavy atom. The third-order valence-electron chi connectivity index (χ3n) is 1.61. The monoisotopic (exact) mass is 319 g/mol. The van der Waals surface area contributed by atoms with Gasteiger partial charge in [-0.3, -0.25) is 4.98 Å². The number of pyridine rings is 1. The smallest absolute Gasteiger partial charge is 0.254 e. The van der Waals surface area contributed by atoms with Crippen LogP contribution < -0.4 is 0 Å². The van der Waals surface area contributed by atoms with Gasteiger partial charge >= 0.3 is 0 Å². The quantitative estimate of drug-likeness (QED) is 0.635. The first-order chi connectivity index (χ1) is 6.86. The highest BCUT2D eigenvalue weighted by Gasteiger charge is 2.18. The van der Waals surface area contributed by atoms with Gasteiger partial charge in [-0.25, -0.2) is 17.2 Å². The molecule has 0 fully saturated rings. The minimum Gasteiger partial charge on any atom is -0.254 e. The molecule has 1 aromatic rings. The molecular formula is C7H5BrClF2NO2S. The summed E-state index contributed by atoms with van der Waals surface area (Å²) >= 11 is 2.97. The van der Waals surface area contributed by atoms with Gasteiger partial charge in [0.1, 0.15) is 10.6 Å². The minimum atomic E-state index is -3.93. The number of rotatable bonds is 3. The Kier molecular flexibility index (Phi) is 4.02. The first-order valence-corrected chi connectivity index (χ1v) is 7.07. The zero-order chi connectivity index (χ0) is 11.6. The standard InChI is InChI=1S/C7H5BrClF2NO2S/c8-2-4-1-5(15(9,13)14)3-12-6(4)7(10)11/h1,3,7H,2H2. The van der Waals surface area contributed by atoms with Crippen molar-refractivity contribution in [3.8, 4) is 0 Å². The second-order valence-corrected chi connectivity index (χ2v) is 5.71. The van der Waals surface area contributed by atoms with Gasteiger partial charge < -0.3 is 0 Å². The summed E-state index contributed by atoms with van der Waals surface area (Å²) in [6.45, 7) is 0. The summed E-state index contributed by atoms with van der Waals surface area (Å²) in [6, 6.07) is 1.07. The van der Waals surface area contributed by atoms with E-state index in [9.17, 15) is 17.2 Å². The fourth-order valence-electron chi connectivity index (χ4n) is 0.936. The summed E-state index contributed by atoms with van der Waals surface area (Å²) in [7, 11) is 1.11. The van der Waals surface area contributed by atoms with E-state index >= 15 is 0 Å². The Labute approximate surface area is 98.0 Å². The lowest BCUT2D eigenvalue weighted by Crippen LogP contribution is -2.00. The second-order valence-electron chi connectivity index (χ2n) is 2.59. The van der Waals surface area contributed by atoms with E-state index in [1.165, 1.54) is 0 Å². The second kappa shape index (κ2) is 4.71. The van der Waals surface area contributed by atoms with Crippen molar-refractivity contribution >= 4 is 35.7 Å². The average molecular weight is 321 g/mol. The molecule has 8 heteroatoms. The molecule has 0 saturated carbocycles. The van der Waals surface area contributed by atoms with Gasteiger partial charge in [-0.15, -0.1) is 0 Å². The van der Waals surface area contributed by atoms with E-state index in [2.05, 4.69) is 20.9 Å². The van der Waals surface area contributed by atoms with E-state index in [1.54, 1.807) is 0 Å². The molecule has 0 aromatic carbocycles. The largest absolute Gasteiger partial charge is 0.280 e. The number of hydrogen-bond acceptors (Lipinski definition) is 3. The lowest BCUT2D eigenvalue weighted by molar-refractivity contribution is 0.145. The topological polar surface area (TPSA) is 47.0 Å². The van der Waals surface area contributed by atoms with Crippen molar-refractivity contribution in [1.29, 1.82) is 0 Å². The molecule has 1 aromatic heterocycles. The van der Waals surface area contributed by atoms with Crippen LogP contribution in [0, 0.1) is 0 Å². The van der Waals surface area contributed by atoms with Crippen molar-refractivity contribution in [3.05, 3.63) is 23.5 Å². The molecule has 0 saturated heterocycles. The number of hydrogen-bond donors (Lipinski definition) is 0. The molecule has 1 heterocycles. The fraction of sp³-hybridized carbons (Fsp3) is 0.286. The maximum absolute atomic E-state index is 12.4. The first-order valence-electron chi connectivity index (χ1n) is 3.64. The van der Waals surface area contributed by atoms with Crippen LogP contribution in [-0.4, -0.2) is 13.4 Å². The molecule has 0 aliphatic carbocycles. The molecular weight excluding hydrogens is 316 g/mol. The molecule has 0 bridgehead atoms. The molecule has 1 rings (SSSR count). The van der Waals surface area contributed by atoms with Crippen LogP contribution >= 0.6 is 26.6 Å². The Hall–Kier alpha value is -0.270. The van der Waals surface area contributed by atoms with E-state index < -0.39 is 21.2 Å². The highest BCUT2D eigenvalue weighted by molar-refractivity contribution is 9.08. The van der Waals surface area contributed by atoms with Crippen LogP contribution in [0.2, 0.25) is 0 Å². The van der Waals surface area contributed by atoms with Crippen LogP contribution in [0.4, 0.5) is 8.78 Å². The SMILES string of the molecule is O=S(=O)(Cl)c1cnc(C(F)F)c(CBr)c1. The normalized spacial score (nSPS) is 12.1. The molecule has 0 unspecified atom stereocenters. The predicted octanol–water partition coefficient (Wildman–Crippen LogP) is 2.84. The lowest BCUT2D eigenvalue weighted by atomic mass is 10.2. The van der Waals surface area contributed by atoms with Crippen molar-refractivity contribution in [2.45, 2.75) is 16.7 Å². The Bertz CT molecular complexity index is 466. The van der Waals surface area contributed by atoms with Gasteiger partial charge in [0, 0.05) is 22.2 Å². The zero-order valence-corrected chi connectivity index (χ0v) is 10.3. The van der Waals surface area contributed by atoms with Gasteiger partial charge in [0.25, 0.3) is 15.5 Å². The van der Waals surface area contributed by atoms with Crippen molar-refractivity contribution in [2.24, 2.45) is 0 Å². The summed E-state index contributed by atoms with van der Waals surface area (Å²) in [4.78, 5) is 3.08. The summed E-state index contributed by atoms with van der Waals surface area (Å²) < 4.78 is 46.6. The van der Waals surface area contributed by atoms with Crippen molar-refractivity contribution in [2.75, 3.05) is 0 Å². The third kappa shape index (κ3) is 3.09. The number of aromatic nitrogens is 1. The molecule has 0 atom stereocenters. The summed E-state index contributed by atoms with van der Waals surface area (Å²) in [6.07, 6.45) is -1.93. The van der Waals surface area contributed by atoms with Gasteiger partial charge in [-0.05, 0) is 11.6 Å². The van der Waals surface area contributed by atoms with E-state index in [1.807, 2.05) is 0 Å². The van der Waals surface area contributed by atoms with Gasteiger partial charge in [-0.1, -0.05) is 15.9 Å². The first kappa shape index (κ1) is 12.8. The number of halogens is 4. The Morgan fingerprint density at radius 1 is 1.53 bits per heavy atom. The average Bonchev–Trinajstić information content (AvgIpc) is 2.15. The predicted molar refractivity (Wildman–Crippen MR) is 54.9 cm³/mol. The van der Waals surface area contributed by atoms with Gasteiger partial charge in [0.2, 0.25) is 0 Å². The van der Waals surface area contributed by atoms with Crippen LogP contribution in [-0.2, 0) is 14.4 Å². The van der Waals surface area contributed by atoms with E-state index in [0.29, 0.717) is 0 Å². The van der Waals surface area contributed by atoms with E-state index in [-0.39, 0.29) is 15.8 Å². The number of nitrogens with zero attached hydrogens (tertiary/aromatic N) is 1. The molecule has 0 radical (unpaired) electrons. The van der Waals surface area contributed by atoms with Crippen molar-refractivity contribution < 1.29 is 17.2 Å². The highest BCUT2D eigenvalue weighted by Crippen LogP contribution is 2.25. The van der Waals surface area contributed by atoms with Crippen LogP contribution in [0.5, 0.6) is 0 Å². The maximum atomic E-state index is 12.4. The van der Waals surface area contributed by atoms with E-state index in [0.717, 1.165) is 12.3 Å². The van der Waals surface area contributed by atoms with Crippen LogP contribution in [0.3, 0.4) is 0 Å². The maximum Gasteiger partial charge on any atom is 0.280 e. The van der Waals surface area contributed by atoms with Crippen LogP contribution in [0.15, 0.2) is 17.2 Å². The lowest BCUT2D eigenvalue weighted by Gasteiger charge is -2.06. The number of alkyl halides is 3. The molecule has 84 valence electrons. The molecule has 0 spiro atoms.